The molecule has 4 heterocycles. The zero-order chi connectivity index (χ0) is 23.2. The van der Waals surface area contributed by atoms with Crippen LogP contribution in [0.25, 0.3) is 0 Å². The van der Waals surface area contributed by atoms with Crippen LogP contribution < -0.4 is 4.90 Å². The summed E-state index contributed by atoms with van der Waals surface area (Å²) in [5.74, 6) is 0.161. The highest BCUT2D eigenvalue weighted by atomic mass is 16.2. The fourth-order valence-corrected chi connectivity index (χ4v) is 5.98. The van der Waals surface area contributed by atoms with Gasteiger partial charge in [-0.3, -0.25) is 24.1 Å². The number of carbonyl (C=O) groups is 4. The minimum atomic E-state index is -0.738. The molecule has 4 aliphatic rings. The van der Waals surface area contributed by atoms with Crippen molar-refractivity contribution >= 4 is 29.3 Å². The van der Waals surface area contributed by atoms with Crippen LogP contribution in [0, 0.1) is 5.92 Å². The van der Waals surface area contributed by atoms with E-state index in [0.717, 1.165) is 25.9 Å². The first-order valence-corrected chi connectivity index (χ1v) is 12.2. The molecule has 0 N–H and O–H groups in total. The summed E-state index contributed by atoms with van der Waals surface area (Å²) in [6, 6.07) is 7.22. The molecule has 3 saturated heterocycles. The molecule has 4 amide bonds. The number of nitrogens with zero attached hydrogens (tertiary/aromatic N) is 4. The molecule has 1 aromatic carbocycles. The largest absolute Gasteiger partial charge is 0.343 e. The number of carbonyl (C=O) groups excluding carboxylic acids is 4. The van der Waals surface area contributed by atoms with Gasteiger partial charge in [0.2, 0.25) is 17.7 Å². The van der Waals surface area contributed by atoms with Gasteiger partial charge in [-0.2, -0.15) is 0 Å². The van der Waals surface area contributed by atoms with Crippen LogP contribution in [-0.4, -0.2) is 76.7 Å². The number of fused-ring (bicyclic) bond motifs is 3. The van der Waals surface area contributed by atoms with E-state index in [2.05, 4.69) is 0 Å². The highest BCUT2D eigenvalue weighted by molar-refractivity contribution is 6.10. The van der Waals surface area contributed by atoms with Gasteiger partial charge < -0.3 is 14.7 Å². The van der Waals surface area contributed by atoms with Crippen LogP contribution in [-0.2, 0) is 14.4 Å². The third-order valence-corrected chi connectivity index (χ3v) is 7.91. The first kappa shape index (κ1) is 21.9. The summed E-state index contributed by atoms with van der Waals surface area (Å²) in [6.45, 7) is 5.10. The van der Waals surface area contributed by atoms with Crippen molar-refractivity contribution in [2.45, 2.75) is 57.5 Å². The maximum Gasteiger partial charge on any atom is 0.257 e. The predicted molar refractivity (Wildman–Crippen MR) is 122 cm³/mol. The Morgan fingerprint density at radius 1 is 1.00 bits per heavy atom. The first-order valence-electron chi connectivity index (χ1n) is 12.2. The van der Waals surface area contributed by atoms with Gasteiger partial charge in [-0.25, -0.2) is 0 Å². The molecule has 0 aliphatic carbocycles. The molecule has 0 radical (unpaired) electrons. The second-order valence-electron chi connectivity index (χ2n) is 9.86. The lowest BCUT2D eigenvalue weighted by molar-refractivity contribution is -0.140. The number of hydrogen-bond acceptors (Lipinski definition) is 4. The summed E-state index contributed by atoms with van der Waals surface area (Å²) in [5.41, 5.74) is 0.441. The van der Waals surface area contributed by atoms with Crippen LogP contribution in [0.1, 0.15) is 62.2 Å². The molecule has 0 saturated carbocycles. The Hall–Kier alpha value is -2.90. The number of anilines is 1. The highest BCUT2D eigenvalue weighted by Crippen LogP contribution is 2.44. The zero-order valence-corrected chi connectivity index (χ0v) is 19.3. The smallest absolute Gasteiger partial charge is 0.257 e. The van der Waals surface area contributed by atoms with Crippen molar-refractivity contribution < 1.29 is 19.2 Å². The molecule has 0 spiro atoms. The Morgan fingerprint density at radius 2 is 1.70 bits per heavy atom. The van der Waals surface area contributed by atoms with E-state index < -0.39 is 5.66 Å². The lowest BCUT2D eigenvalue weighted by Gasteiger charge is -2.48. The van der Waals surface area contributed by atoms with Crippen molar-refractivity contribution in [2.75, 3.05) is 37.6 Å². The fourth-order valence-electron chi connectivity index (χ4n) is 5.98. The van der Waals surface area contributed by atoms with Crippen molar-refractivity contribution in [2.24, 2.45) is 5.92 Å². The zero-order valence-electron chi connectivity index (χ0n) is 19.3. The molecule has 33 heavy (non-hydrogen) atoms. The van der Waals surface area contributed by atoms with Crippen molar-refractivity contribution in [3.63, 3.8) is 0 Å². The molecule has 1 aromatic rings. The van der Waals surface area contributed by atoms with E-state index in [0.29, 0.717) is 50.0 Å². The molecule has 1 unspecified atom stereocenters. The molecule has 0 aromatic heterocycles. The van der Waals surface area contributed by atoms with Crippen molar-refractivity contribution in [3.05, 3.63) is 29.8 Å². The molecular formula is C25H32N4O4. The number of benzene rings is 1. The summed E-state index contributed by atoms with van der Waals surface area (Å²) < 4.78 is 0. The molecule has 3 fully saturated rings. The topological polar surface area (TPSA) is 81.2 Å². The third kappa shape index (κ3) is 3.69. The van der Waals surface area contributed by atoms with Gasteiger partial charge in [-0.05, 0) is 51.2 Å². The predicted octanol–water partition coefficient (Wildman–Crippen LogP) is 2.24. The van der Waals surface area contributed by atoms with Crippen LogP contribution in [0.4, 0.5) is 5.69 Å². The van der Waals surface area contributed by atoms with Gasteiger partial charge in [0.1, 0.15) is 5.66 Å². The number of amides is 4. The number of rotatable bonds is 4. The Balaban J connectivity index is 1.22. The third-order valence-electron chi connectivity index (χ3n) is 7.91. The quantitative estimate of drug-likeness (QED) is 0.702. The summed E-state index contributed by atoms with van der Waals surface area (Å²) in [6.07, 6.45) is 4.76. The monoisotopic (exact) mass is 452 g/mol. The van der Waals surface area contributed by atoms with Crippen molar-refractivity contribution in [1.82, 2.24) is 14.7 Å². The SMILES string of the molecule is CC12CCC(=O)N1c1ccccc1C(=O)N2CCC(=O)N1CCC(C(=O)N2CCCC2)CC1. The lowest BCUT2D eigenvalue weighted by Crippen LogP contribution is -2.62. The molecule has 1 atom stereocenters. The molecule has 4 aliphatic heterocycles. The van der Waals surface area contributed by atoms with Gasteiger partial charge in [0, 0.05) is 51.5 Å². The van der Waals surface area contributed by atoms with Crippen LogP contribution in [0.2, 0.25) is 0 Å². The van der Waals surface area contributed by atoms with Gasteiger partial charge in [-0.1, -0.05) is 12.1 Å². The van der Waals surface area contributed by atoms with Crippen LogP contribution in [0.3, 0.4) is 0 Å². The van der Waals surface area contributed by atoms with E-state index in [9.17, 15) is 19.2 Å². The van der Waals surface area contributed by atoms with Crippen molar-refractivity contribution in [3.8, 4) is 0 Å². The molecule has 5 rings (SSSR count). The van der Waals surface area contributed by atoms with E-state index in [1.165, 1.54) is 0 Å². The van der Waals surface area contributed by atoms with Crippen LogP contribution in [0.5, 0.6) is 0 Å². The fraction of sp³-hybridized carbons (Fsp3) is 0.600. The maximum absolute atomic E-state index is 13.3. The summed E-state index contributed by atoms with van der Waals surface area (Å²) in [5, 5.41) is 0. The Morgan fingerprint density at radius 3 is 2.42 bits per heavy atom. The standard InChI is InChI=1S/C25H32N4O4/c1-25-12-8-22(31)29(25)20-7-3-2-6-19(20)24(33)28(25)17-11-21(30)26-15-9-18(10-16-26)23(32)27-13-4-5-14-27/h2-3,6-7,18H,4-5,8-17H2,1H3. The highest BCUT2D eigenvalue weighted by Gasteiger charge is 2.52. The van der Waals surface area contributed by atoms with Gasteiger partial charge in [0.05, 0.1) is 11.3 Å². The van der Waals surface area contributed by atoms with Gasteiger partial charge in [0.15, 0.2) is 0 Å². The van der Waals surface area contributed by atoms with E-state index in [4.69, 9.17) is 0 Å². The van der Waals surface area contributed by atoms with E-state index in [1.54, 1.807) is 21.9 Å². The summed E-state index contributed by atoms with van der Waals surface area (Å²) >= 11 is 0. The Labute approximate surface area is 194 Å². The number of para-hydroxylation sites is 1. The number of likely N-dealkylation sites (tertiary alicyclic amines) is 2. The molecule has 8 nitrogen and oxygen atoms in total. The molecular weight excluding hydrogens is 420 g/mol. The van der Waals surface area contributed by atoms with Crippen LogP contribution >= 0.6 is 0 Å². The first-order chi connectivity index (χ1) is 15.9. The normalized spacial score (nSPS) is 25.5. The lowest BCUT2D eigenvalue weighted by atomic mass is 9.95. The average Bonchev–Trinajstić information content (AvgIpc) is 3.47. The van der Waals surface area contributed by atoms with E-state index in [-0.39, 0.29) is 42.5 Å². The summed E-state index contributed by atoms with van der Waals surface area (Å²) in [7, 11) is 0. The van der Waals surface area contributed by atoms with Crippen LogP contribution in [0.15, 0.2) is 24.3 Å². The summed E-state index contributed by atoms with van der Waals surface area (Å²) in [4.78, 5) is 58.9. The van der Waals surface area contributed by atoms with Crippen molar-refractivity contribution in [1.29, 1.82) is 0 Å². The maximum atomic E-state index is 13.3. The molecule has 0 bridgehead atoms. The minimum absolute atomic E-state index is 0.00760. The van der Waals surface area contributed by atoms with Gasteiger partial charge in [-0.15, -0.1) is 0 Å². The number of piperidine rings is 1. The molecule has 176 valence electrons. The average molecular weight is 453 g/mol. The second kappa shape index (κ2) is 8.47. The van der Waals surface area contributed by atoms with E-state index in [1.807, 2.05) is 28.9 Å². The second-order valence-corrected chi connectivity index (χ2v) is 9.86. The Kier molecular flexibility index (Phi) is 5.62. The number of hydrogen-bond donors (Lipinski definition) is 0. The van der Waals surface area contributed by atoms with Gasteiger partial charge >= 0.3 is 0 Å². The van der Waals surface area contributed by atoms with Gasteiger partial charge in [0.25, 0.3) is 5.91 Å². The van der Waals surface area contributed by atoms with E-state index >= 15 is 0 Å². The molecule has 8 heteroatoms. The Bertz CT molecular complexity index is 980. The minimum Gasteiger partial charge on any atom is -0.343 e.